The van der Waals surface area contributed by atoms with Crippen molar-refractivity contribution in [2.24, 2.45) is 7.05 Å². The number of hydrogen-bond acceptors (Lipinski definition) is 3. The number of para-hydroxylation sites is 1. The lowest BCUT2D eigenvalue weighted by atomic mass is 10.0. The van der Waals surface area contributed by atoms with Crippen LogP contribution in [0, 0.1) is 0 Å². The zero-order valence-electron chi connectivity index (χ0n) is 14.7. The second-order valence-electron chi connectivity index (χ2n) is 6.54. The number of nitrogens with zero attached hydrogens (tertiary/aromatic N) is 4. The van der Waals surface area contributed by atoms with E-state index >= 15 is 0 Å². The van der Waals surface area contributed by atoms with E-state index in [2.05, 4.69) is 16.1 Å². The Balaban J connectivity index is 1.91. The van der Waals surface area contributed by atoms with Crippen molar-refractivity contribution in [3.8, 4) is 16.8 Å². The monoisotopic (exact) mass is 352 g/mol. The number of hydrogen-bond donors (Lipinski definition) is 0. The van der Waals surface area contributed by atoms with Crippen LogP contribution in [0.3, 0.4) is 0 Å². The summed E-state index contributed by atoms with van der Waals surface area (Å²) < 4.78 is 3.53. The van der Waals surface area contributed by atoms with Gasteiger partial charge < -0.3 is 0 Å². The van der Waals surface area contributed by atoms with Gasteiger partial charge in [0, 0.05) is 47.5 Å². The van der Waals surface area contributed by atoms with Crippen LogP contribution in [0.2, 0.25) is 0 Å². The van der Waals surface area contributed by atoms with Gasteiger partial charge in [-0.05, 0) is 35.9 Å². The number of aryl methyl sites for hydroxylation is 1. The summed E-state index contributed by atoms with van der Waals surface area (Å²) in [6.45, 7) is 0. The standard InChI is InChI=1S/C22H16N4O/c1-25-14-17(13-24-25)15-7-9-20-19(11-15)22-16(12-23-20)8-10-21(27)26(22)18-5-3-2-4-6-18/h2-14H,1H3. The zero-order chi connectivity index (χ0) is 18.4. The topological polar surface area (TPSA) is 52.7 Å². The van der Waals surface area contributed by atoms with Gasteiger partial charge in [-0.25, -0.2) is 0 Å². The predicted octanol–water partition coefficient (Wildman–Crippen LogP) is 3.94. The molecule has 5 rings (SSSR count). The minimum Gasteiger partial charge on any atom is -0.276 e. The van der Waals surface area contributed by atoms with Crippen LogP contribution in [0.15, 0.2) is 84.0 Å². The summed E-state index contributed by atoms with van der Waals surface area (Å²) in [5.74, 6) is 0. The fourth-order valence-electron chi connectivity index (χ4n) is 3.49. The fraction of sp³-hybridized carbons (Fsp3) is 0.0455. The van der Waals surface area contributed by atoms with Crippen LogP contribution in [0.25, 0.3) is 38.6 Å². The summed E-state index contributed by atoms with van der Waals surface area (Å²) in [5.41, 5.74) is 4.57. The molecule has 0 radical (unpaired) electrons. The molecule has 3 heterocycles. The molecule has 5 nitrogen and oxygen atoms in total. The molecule has 0 bridgehead atoms. The average molecular weight is 352 g/mol. The second kappa shape index (κ2) is 5.92. The van der Waals surface area contributed by atoms with Crippen molar-refractivity contribution < 1.29 is 0 Å². The molecule has 0 saturated carbocycles. The highest BCUT2D eigenvalue weighted by molar-refractivity contribution is 6.05. The summed E-state index contributed by atoms with van der Waals surface area (Å²) in [7, 11) is 1.90. The highest BCUT2D eigenvalue weighted by Gasteiger charge is 2.11. The van der Waals surface area contributed by atoms with Crippen molar-refractivity contribution >= 4 is 21.8 Å². The molecule has 0 amide bonds. The van der Waals surface area contributed by atoms with E-state index in [1.165, 1.54) is 0 Å². The maximum Gasteiger partial charge on any atom is 0.255 e. The average Bonchev–Trinajstić information content (AvgIpc) is 3.14. The summed E-state index contributed by atoms with van der Waals surface area (Å²) in [6.07, 6.45) is 5.63. The van der Waals surface area contributed by atoms with Gasteiger partial charge in [0.1, 0.15) is 0 Å². The normalized spacial score (nSPS) is 11.3. The van der Waals surface area contributed by atoms with E-state index in [1.807, 2.05) is 74.2 Å². The second-order valence-corrected chi connectivity index (χ2v) is 6.54. The van der Waals surface area contributed by atoms with E-state index in [0.717, 1.165) is 38.6 Å². The first-order valence-corrected chi connectivity index (χ1v) is 8.70. The maximum atomic E-state index is 12.8. The van der Waals surface area contributed by atoms with Gasteiger partial charge in [0.2, 0.25) is 0 Å². The van der Waals surface area contributed by atoms with Crippen LogP contribution in [-0.4, -0.2) is 19.3 Å². The molecule has 130 valence electrons. The molecular formula is C22H16N4O. The van der Waals surface area contributed by atoms with Crippen LogP contribution in [0.4, 0.5) is 0 Å². The molecular weight excluding hydrogens is 336 g/mol. The molecule has 2 aromatic carbocycles. The molecule has 0 saturated heterocycles. The Morgan fingerprint density at radius 2 is 1.74 bits per heavy atom. The molecule has 0 aliphatic carbocycles. The lowest BCUT2D eigenvalue weighted by Gasteiger charge is -2.13. The minimum absolute atomic E-state index is 0.0621. The summed E-state index contributed by atoms with van der Waals surface area (Å²) in [4.78, 5) is 17.3. The van der Waals surface area contributed by atoms with E-state index in [1.54, 1.807) is 15.3 Å². The van der Waals surface area contributed by atoms with Gasteiger partial charge in [-0.1, -0.05) is 24.3 Å². The highest BCUT2D eigenvalue weighted by Crippen LogP contribution is 2.29. The quantitative estimate of drug-likeness (QED) is 0.452. The third-order valence-corrected chi connectivity index (χ3v) is 4.77. The Kier molecular flexibility index (Phi) is 3.40. The van der Waals surface area contributed by atoms with E-state index in [0.29, 0.717) is 0 Å². The van der Waals surface area contributed by atoms with Gasteiger partial charge in [-0.3, -0.25) is 19.0 Å². The van der Waals surface area contributed by atoms with Crippen molar-refractivity contribution in [1.82, 2.24) is 19.3 Å². The molecule has 5 aromatic rings. The summed E-state index contributed by atoms with van der Waals surface area (Å²) in [6, 6.07) is 19.2. The zero-order valence-corrected chi connectivity index (χ0v) is 14.7. The van der Waals surface area contributed by atoms with Crippen molar-refractivity contribution in [3.63, 3.8) is 0 Å². The predicted molar refractivity (Wildman–Crippen MR) is 107 cm³/mol. The smallest absolute Gasteiger partial charge is 0.255 e. The summed E-state index contributed by atoms with van der Waals surface area (Å²) in [5, 5.41) is 6.13. The molecule has 27 heavy (non-hydrogen) atoms. The summed E-state index contributed by atoms with van der Waals surface area (Å²) >= 11 is 0. The van der Waals surface area contributed by atoms with E-state index < -0.39 is 0 Å². The molecule has 0 aliphatic rings. The van der Waals surface area contributed by atoms with Gasteiger partial charge in [0.15, 0.2) is 0 Å². The van der Waals surface area contributed by atoms with Crippen molar-refractivity contribution in [2.75, 3.05) is 0 Å². The first kappa shape index (κ1) is 15.5. The van der Waals surface area contributed by atoms with Crippen LogP contribution in [-0.2, 0) is 7.05 Å². The number of pyridine rings is 2. The Labute approximate surface area is 155 Å². The van der Waals surface area contributed by atoms with Gasteiger partial charge in [-0.2, -0.15) is 5.10 Å². The number of aromatic nitrogens is 4. The molecule has 0 spiro atoms. The van der Waals surface area contributed by atoms with E-state index in [-0.39, 0.29) is 5.56 Å². The van der Waals surface area contributed by atoms with Gasteiger partial charge >= 0.3 is 0 Å². The van der Waals surface area contributed by atoms with E-state index in [4.69, 9.17) is 0 Å². The Morgan fingerprint density at radius 1 is 0.889 bits per heavy atom. The number of fused-ring (bicyclic) bond motifs is 3. The molecule has 0 N–H and O–H groups in total. The molecule has 0 fully saturated rings. The molecule has 0 atom stereocenters. The fourth-order valence-corrected chi connectivity index (χ4v) is 3.49. The van der Waals surface area contributed by atoms with E-state index in [9.17, 15) is 4.79 Å². The first-order chi connectivity index (χ1) is 13.2. The third kappa shape index (κ3) is 2.52. The molecule has 5 heteroatoms. The SMILES string of the molecule is Cn1cc(-c2ccc3ncc4ccc(=O)n(-c5ccccc5)c4c3c2)cn1. The Hall–Kier alpha value is -3.73. The van der Waals surface area contributed by atoms with Crippen molar-refractivity contribution in [2.45, 2.75) is 0 Å². The highest BCUT2D eigenvalue weighted by atomic mass is 16.1. The van der Waals surface area contributed by atoms with Crippen LogP contribution in [0.5, 0.6) is 0 Å². The van der Waals surface area contributed by atoms with Gasteiger partial charge in [0.05, 0.1) is 17.2 Å². The van der Waals surface area contributed by atoms with Crippen molar-refractivity contribution in [1.29, 1.82) is 0 Å². The van der Waals surface area contributed by atoms with Gasteiger partial charge in [0.25, 0.3) is 5.56 Å². The Morgan fingerprint density at radius 3 is 2.52 bits per heavy atom. The Bertz CT molecular complexity index is 1350. The number of benzene rings is 2. The molecule has 0 aliphatic heterocycles. The van der Waals surface area contributed by atoms with Crippen molar-refractivity contribution in [3.05, 3.63) is 89.6 Å². The van der Waals surface area contributed by atoms with Crippen LogP contribution in [0.1, 0.15) is 0 Å². The van der Waals surface area contributed by atoms with Crippen LogP contribution >= 0.6 is 0 Å². The minimum atomic E-state index is -0.0621. The maximum absolute atomic E-state index is 12.8. The largest absolute Gasteiger partial charge is 0.276 e. The lowest BCUT2D eigenvalue weighted by Crippen LogP contribution is -2.17. The first-order valence-electron chi connectivity index (χ1n) is 8.70. The van der Waals surface area contributed by atoms with Gasteiger partial charge in [-0.15, -0.1) is 0 Å². The lowest BCUT2D eigenvalue weighted by molar-refractivity contribution is 0.768. The molecule has 3 aromatic heterocycles. The molecule has 0 unspecified atom stereocenters. The number of rotatable bonds is 2. The third-order valence-electron chi connectivity index (χ3n) is 4.77. The van der Waals surface area contributed by atoms with Crippen LogP contribution < -0.4 is 5.56 Å².